The zero-order valence-electron chi connectivity index (χ0n) is 20.8. The van der Waals surface area contributed by atoms with Gasteiger partial charge in [0.2, 0.25) is 0 Å². The van der Waals surface area contributed by atoms with E-state index < -0.39 is 0 Å². The molecule has 1 unspecified atom stereocenters. The van der Waals surface area contributed by atoms with E-state index >= 15 is 0 Å². The van der Waals surface area contributed by atoms with Gasteiger partial charge in [-0.25, -0.2) is 0 Å². The van der Waals surface area contributed by atoms with Gasteiger partial charge in [0, 0.05) is 33.9 Å². The van der Waals surface area contributed by atoms with Crippen LogP contribution in [0.25, 0.3) is 38.6 Å². The van der Waals surface area contributed by atoms with Crippen LogP contribution in [-0.2, 0) is 12.8 Å². The Kier molecular flexibility index (Phi) is 4.57. The summed E-state index contributed by atoms with van der Waals surface area (Å²) >= 11 is 0. The third-order valence-electron chi connectivity index (χ3n) is 8.49. The minimum absolute atomic E-state index is 0.624. The monoisotopic (exact) mass is 476 g/mol. The molecule has 2 aliphatic heterocycles. The van der Waals surface area contributed by atoms with Gasteiger partial charge in [0.25, 0.3) is 0 Å². The normalized spacial score (nSPS) is 16.4. The van der Waals surface area contributed by atoms with Gasteiger partial charge in [-0.2, -0.15) is 0 Å². The highest BCUT2D eigenvalue weighted by Gasteiger charge is 2.31. The van der Waals surface area contributed by atoms with Crippen LogP contribution in [0.2, 0.25) is 0 Å². The number of aryl methyl sites for hydroxylation is 2. The lowest BCUT2D eigenvalue weighted by Crippen LogP contribution is -2.39. The summed E-state index contributed by atoms with van der Waals surface area (Å²) in [6, 6.07) is 43.2. The Labute approximate surface area is 217 Å². The van der Waals surface area contributed by atoms with Crippen molar-refractivity contribution in [3.63, 3.8) is 0 Å². The molecule has 0 spiro atoms. The molecule has 0 radical (unpaired) electrons. The predicted molar refractivity (Wildman–Crippen MR) is 155 cm³/mol. The number of benzene rings is 5. The molecule has 3 heterocycles. The number of aromatic nitrogens is 1. The largest absolute Gasteiger partial charge is 0.338 e. The van der Waals surface area contributed by atoms with E-state index in [0.717, 1.165) is 6.42 Å². The highest BCUT2D eigenvalue weighted by molar-refractivity contribution is 6.09. The molecular formula is C35H28N2. The molecule has 2 aliphatic rings. The van der Waals surface area contributed by atoms with Gasteiger partial charge in [-0.1, -0.05) is 72.8 Å². The van der Waals surface area contributed by atoms with Crippen LogP contribution in [0.3, 0.4) is 0 Å². The van der Waals surface area contributed by atoms with Crippen molar-refractivity contribution in [2.75, 3.05) is 4.90 Å². The van der Waals surface area contributed by atoms with Crippen LogP contribution in [-0.4, -0.2) is 10.6 Å². The van der Waals surface area contributed by atoms with E-state index in [0.29, 0.717) is 6.04 Å². The Morgan fingerprint density at radius 2 is 1.11 bits per heavy atom. The molecule has 2 heteroatoms. The molecule has 0 fully saturated rings. The van der Waals surface area contributed by atoms with Crippen molar-refractivity contribution in [2.45, 2.75) is 31.7 Å². The number of nitrogens with zero attached hydrogens (tertiary/aromatic N) is 2. The molecule has 1 aromatic heterocycles. The second-order valence-corrected chi connectivity index (χ2v) is 10.5. The van der Waals surface area contributed by atoms with E-state index in [2.05, 4.69) is 125 Å². The Hall–Kier alpha value is -4.30. The van der Waals surface area contributed by atoms with Crippen molar-refractivity contribution in [3.8, 4) is 16.8 Å². The fourth-order valence-electron chi connectivity index (χ4n) is 6.73. The molecule has 37 heavy (non-hydrogen) atoms. The first-order valence-electron chi connectivity index (χ1n) is 13.4. The van der Waals surface area contributed by atoms with Crippen LogP contribution in [0.5, 0.6) is 0 Å². The summed E-state index contributed by atoms with van der Waals surface area (Å²) in [7, 11) is 0. The highest BCUT2D eigenvalue weighted by Crippen LogP contribution is 2.44. The van der Waals surface area contributed by atoms with Crippen LogP contribution in [0.4, 0.5) is 11.4 Å². The number of hydrogen-bond acceptors (Lipinski definition) is 1. The Morgan fingerprint density at radius 1 is 0.514 bits per heavy atom. The molecule has 6 aromatic rings. The molecule has 0 N–H and O–H groups in total. The van der Waals surface area contributed by atoms with Crippen LogP contribution in [0, 0.1) is 0 Å². The zero-order valence-corrected chi connectivity index (χ0v) is 20.8. The highest BCUT2D eigenvalue weighted by atomic mass is 15.2. The second kappa shape index (κ2) is 8.11. The van der Waals surface area contributed by atoms with Crippen molar-refractivity contribution < 1.29 is 0 Å². The summed E-state index contributed by atoms with van der Waals surface area (Å²) in [6.45, 7) is 0. The molecule has 5 aromatic carbocycles. The molecule has 0 aliphatic carbocycles. The molecule has 178 valence electrons. The van der Waals surface area contributed by atoms with Crippen molar-refractivity contribution in [3.05, 3.63) is 126 Å². The average molecular weight is 477 g/mol. The second-order valence-electron chi connectivity index (χ2n) is 10.5. The first-order chi connectivity index (χ1) is 18.3. The van der Waals surface area contributed by atoms with Gasteiger partial charge >= 0.3 is 0 Å². The quantitative estimate of drug-likeness (QED) is 0.242. The van der Waals surface area contributed by atoms with Crippen LogP contribution < -0.4 is 4.90 Å². The fraction of sp³-hybridized carbons (Fsp3) is 0.143. The minimum atomic E-state index is 0.624. The summed E-state index contributed by atoms with van der Waals surface area (Å²) in [6.07, 6.45) is 4.84. The molecular weight excluding hydrogens is 448 g/mol. The maximum absolute atomic E-state index is 2.62. The van der Waals surface area contributed by atoms with Crippen LogP contribution in [0.15, 0.2) is 115 Å². The van der Waals surface area contributed by atoms with Gasteiger partial charge in [0.15, 0.2) is 0 Å². The lowest BCUT2D eigenvalue weighted by Gasteiger charge is -2.43. The van der Waals surface area contributed by atoms with E-state index in [9.17, 15) is 0 Å². The van der Waals surface area contributed by atoms with Gasteiger partial charge in [-0.15, -0.1) is 0 Å². The topological polar surface area (TPSA) is 8.17 Å². The van der Waals surface area contributed by atoms with E-state index in [1.807, 2.05) is 0 Å². The molecule has 0 saturated heterocycles. The summed E-state index contributed by atoms with van der Waals surface area (Å²) in [5.74, 6) is 0. The third kappa shape index (κ3) is 3.18. The molecule has 2 nitrogen and oxygen atoms in total. The van der Waals surface area contributed by atoms with E-state index in [1.54, 1.807) is 0 Å². The maximum Gasteiger partial charge on any atom is 0.0541 e. The molecule has 0 saturated carbocycles. The van der Waals surface area contributed by atoms with Crippen LogP contribution >= 0.6 is 0 Å². The zero-order chi connectivity index (χ0) is 24.3. The molecule has 1 atom stereocenters. The lowest BCUT2D eigenvalue weighted by atomic mass is 9.86. The van der Waals surface area contributed by atoms with E-state index in [4.69, 9.17) is 0 Å². The maximum atomic E-state index is 2.62. The number of para-hydroxylation sites is 3. The van der Waals surface area contributed by atoms with Crippen molar-refractivity contribution in [1.82, 2.24) is 4.57 Å². The standard InChI is InChI=1S/C35H28N2/c1-4-10-32-25(7-1)15-20-28-21-16-27-23-26(17-22-33(27)36(28)32)24-13-18-29(19-14-24)37-34-11-5-2-8-30(34)31-9-3-6-12-35(31)37/h1-14,17-19,22-23,28H,15-16,20-21H2. The Morgan fingerprint density at radius 3 is 1.86 bits per heavy atom. The van der Waals surface area contributed by atoms with Gasteiger partial charge < -0.3 is 9.47 Å². The van der Waals surface area contributed by atoms with Crippen molar-refractivity contribution in [2.24, 2.45) is 0 Å². The van der Waals surface area contributed by atoms with Gasteiger partial charge in [-0.05, 0) is 90.4 Å². The number of fused-ring (bicyclic) bond motifs is 8. The third-order valence-corrected chi connectivity index (χ3v) is 8.49. The predicted octanol–water partition coefficient (Wildman–Crippen LogP) is 8.85. The number of anilines is 2. The fourth-order valence-corrected chi connectivity index (χ4v) is 6.73. The van der Waals surface area contributed by atoms with Crippen LogP contribution in [0.1, 0.15) is 24.0 Å². The minimum Gasteiger partial charge on any atom is -0.338 e. The lowest BCUT2D eigenvalue weighted by molar-refractivity contribution is 0.518. The first-order valence-corrected chi connectivity index (χ1v) is 13.4. The summed E-state index contributed by atoms with van der Waals surface area (Å²) in [4.78, 5) is 2.62. The molecule has 8 rings (SSSR count). The van der Waals surface area contributed by atoms with Crippen molar-refractivity contribution >= 4 is 33.2 Å². The smallest absolute Gasteiger partial charge is 0.0541 e. The Bertz CT molecular complexity index is 1740. The Balaban J connectivity index is 1.18. The first kappa shape index (κ1) is 20.8. The molecule has 0 bridgehead atoms. The molecule has 0 amide bonds. The number of rotatable bonds is 2. The van der Waals surface area contributed by atoms with Gasteiger partial charge in [0.1, 0.15) is 0 Å². The van der Waals surface area contributed by atoms with Gasteiger partial charge in [0.05, 0.1) is 11.0 Å². The number of hydrogen-bond donors (Lipinski definition) is 0. The van der Waals surface area contributed by atoms with Gasteiger partial charge in [-0.3, -0.25) is 0 Å². The summed E-state index contributed by atoms with van der Waals surface area (Å²) in [5.41, 5.74) is 12.0. The average Bonchev–Trinajstić information content (AvgIpc) is 3.31. The SMILES string of the molecule is c1ccc2c(c1)CCC1CCc3cc(-c4ccc(-n5c6ccccc6c6ccccc65)cc4)ccc3N21. The summed E-state index contributed by atoms with van der Waals surface area (Å²) in [5, 5.41) is 2.60. The van der Waals surface area contributed by atoms with Crippen molar-refractivity contribution in [1.29, 1.82) is 0 Å². The summed E-state index contributed by atoms with van der Waals surface area (Å²) < 4.78 is 2.38. The van der Waals surface area contributed by atoms with E-state index in [-0.39, 0.29) is 0 Å². The van der Waals surface area contributed by atoms with E-state index in [1.165, 1.54) is 80.4 Å².